The SMILES string of the molecule is C=C(CC)[C@@H]([C@@H](CC(=O)N1CCC[C@H]1[C@H](OC)[C@@H](C)C(=O)N[C@@H](C)Cc1ccccc1)OC)N(C)C(=O)[C@@H](NC(=O)[C@H](C(C)C)N(C)C(=O)OCc1ccc(NC(=O)[C@H](CCCNC(N)=O)NC(=O)[C@@H](NC(=O)CCOCCOCCOCCOCCNC(=O)CCC(=O)N2Cc3ccccc3-c3c(nnn3CC(=O)NCC(C)C)-c3ccccc32)C(C)C)cc1)C(C)C. The summed E-state index contributed by atoms with van der Waals surface area (Å²) in [4.78, 5) is 170. The molecule has 3 heterocycles. The van der Waals surface area contributed by atoms with E-state index in [1.165, 1.54) is 24.0 Å². The highest BCUT2D eigenvalue weighted by Gasteiger charge is 2.44. The van der Waals surface area contributed by atoms with Crippen molar-refractivity contribution in [3.05, 3.63) is 132 Å². The Morgan fingerprint density at radius 1 is 0.589 bits per heavy atom. The molecule has 0 radical (unpaired) electrons. The fourth-order valence-corrected chi connectivity index (χ4v) is 15.7. The van der Waals surface area contributed by atoms with Gasteiger partial charge in [0.2, 0.25) is 59.1 Å². The molecule has 13 amide bonds. The topological polar surface area (TPSA) is 435 Å². The number of hydrogen-bond donors (Lipinski definition) is 9. The fourth-order valence-electron chi connectivity index (χ4n) is 15.7. The van der Waals surface area contributed by atoms with Crippen LogP contribution in [0.3, 0.4) is 0 Å². The van der Waals surface area contributed by atoms with Crippen LogP contribution < -0.4 is 53.2 Å². The van der Waals surface area contributed by atoms with Crippen molar-refractivity contribution in [3.63, 3.8) is 0 Å². The predicted octanol–water partition coefficient (Wildman–Crippen LogP) is 7.62. The van der Waals surface area contributed by atoms with Crippen molar-refractivity contribution >= 4 is 82.6 Å². The predicted molar refractivity (Wildman–Crippen MR) is 488 cm³/mol. The maximum Gasteiger partial charge on any atom is 0.410 e. The lowest BCUT2D eigenvalue weighted by atomic mass is 9.92. The second-order valence-corrected chi connectivity index (χ2v) is 34.2. The number of para-hydroxylation sites is 1. The average Bonchev–Trinajstić information content (AvgIpc) is 1.65. The summed E-state index contributed by atoms with van der Waals surface area (Å²) in [5, 5.41) is 31.6. The van der Waals surface area contributed by atoms with E-state index < -0.39 is 114 Å². The van der Waals surface area contributed by atoms with Crippen molar-refractivity contribution in [1.29, 1.82) is 0 Å². The zero-order chi connectivity index (χ0) is 94.4. The van der Waals surface area contributed by atoms with Gasteiger partial charge in [0, 0.05) is 96.6 Å². The molecule has 0 bridgehead atoms. The number of carbonyl (C=O) groups is 12. The Kier molecular flexibility index (Phi) is 43.6. The number of likely N-dealkylation sites (tertiary alicyclic amines) is 1. The molecule has 4 aromatic carbocycles. The number of fused-ring (bicyclic) bond motifs is 5. The monoisotopic (exact) mass is 1800 g/mol. The number of methoxy groups -OCH3 is 2. The maximum absolute atomic E-state index is 14.9. The molecule has 35 heteroatoms. The molecule has 0 spiro atoms. The van der Waals surface area contributed by atoms with Gasteiger partial charge in [-0.25, -0.2) is 14.3 Å². The van der Waals surface area contributed by atoms with Crippen LogP contribution in [0, 0.1) is 29.6 Å². The first kappa shape index (κ1) is 105. The quantitative estimate of drug-likeness (QED) is 0.0133. The summed E-state index contributed by atoms with van der Waals surface area (Å²) in [6.45, 7) is 27.5. The van der Waals surface area contributed by atoms with Gasteiger partial charge in [-0.2, -0.15) is 0 Å². The van der Waals surface area contributed by atoms with Gasteiger partial charge in [-0.15, -0.1) is 5.10 Å². The first-order chi connectivity index (χ1) is 61.7. The highest BCUT2D eigenvalue weighted by Crippen LogP contribution is 2.42. The van der Waals surface area contributed by atoms with Crippen LogP contribution in [-0.4, -0.2) is 263 Å². The molecule has 129 heavy (non-hydrogen) atoms. The highest BCUT2D eigenvalue weighted by molar-refractivity contribution is 6.02. The normalized spacial score (nSPS) is 15.0. The second kappa shape index (κ2) is 53.7. The number of rotatable bonds is 54. The molecule has 0 aliphatic carbocycles. The summed E-state index contributed by atoms with van der Waals surface area (Å²) in [5.41, 5.74) is 12.0. The molecular formula is C94H138N16O19. The van der Waals surface area contributed by atoms with Gasteiger partial charge < -0.3 is 96.1 Å². The van der Waals surface area contributed by atoms with Crippen LogP contribution >= 0.6 is 0 Å². The van der Waals surface area contributed by atoms with Crippen LogP contribution in [0.15, 0.2) is 115 Å². The fraction of sp³-hybridized carbons (Fsp3) is 0.574. The van der Waals surface area contributed by atoms with Crippen molar-refractivity contribution in [3.8, 4) is 22.5 Å². The number of aromatic nitrogens is 3. The summed E-state index contributed by atoms with van der Waals surface area (Å²) in [5.74, 6) is -5.60. The third-order valence-electron chi connectivity index (χ3n) is 22.7. The van der Waals surface area contributed by atoms with Gasteiger partial charge in [-0.3, -0.25) is 52.8 Å². The Hall–Kier alpha value is -11.2. The number of hydrogen-bond acceptors (Lipinski definition) is 21. The number of likely N-dealkylation sites (N-methyl/N-ethyl adjacent to an activating group) is 2. The largest absolute Gasteiger partial charge is 0.445 e. The van der Waals surface area contributed by atoms with Crippen molar-refractivity contribution in [1.82, 2.24) is 66.9 Å². The van der Waals surface area contributed by atoms with Crippen LogP contribution in [0.2, 0.25) is 0 Å². The van der Waals surface area contributed by atoms with Gasteiger partial charge in [-0.1, -0.05) is 172 Å². The van der Waals surface area contributed by atoms with E-state index in [0.29, 0.717) is 78.2 Å². The number of carbonyl (C=O) groups excluding carboxylic acids is 12. The molecule has 0 saturated carbocycles. The Bertz CT molecular complexity index is 4490. The highest BCUT2D eigenvalue weighted by atomic mass is 16.6. The maximum atomic E-state index is 14.9. The number of amides is 13. The minimum absolute atomic E-state index is 0.0210. The zero-order valence-electron chi connectivity index (χ0n) is 77.7. The lowest BCUT2D eigenvalue weighted by molar-refractivity contribution is -0.145. The van der Waals surface area contributed by atoms with Crippen molar-refractivity contribution < 1.29 is 90.7 Å². The van der Waals surface area contributed by atoms with Crippen LogP contribution in [0.4, 0.5) is 21.0 Å². The van der Waals surface area contributed by atoms with Gasteiger partial charge >= 0.3 is 12.1 Å². The number of nitrogens with one attached hydrogen (secondary N) is 8. The van der Waals surface area contributed by atoms with Gasteiger partial charge in [0.05, 0.1) is 107 Å². The summed E-state index contributed by atoms with van der Waals surface area (Å²) in [6, 6.07) is 24.8. The van der Waals surface area contributed by atoms with E-state index in [9.17, 15) is 57.5 Å². The molecule has 35 nitrogen and oxygen atoms in total. The molecular weight excluding hydrogens is 1660 g/mol. The first-order valence-electron chi connectivity index (χ1n) is 44.8. The molecule has 5 aromatic rings. The molecule has 10 N–H and O–H groups in total. The lowest BCUT2D eigenvalue weighted by Gasteiger charge is -2.39. The van der Waals surface area contributed by atoms with E-state index in [2.05, 4.69) is 59.4 Å². The van der Waals surface area contributed by atoms with E-state index >= 15 is 0 Å². The summed E-state index contributed by atoms with van der Waals surface area (Å²) >= 11 is 0. The van der Waals surface area contributed by atoms with Crippen LogP contribution in [0.25, 0.3) is 22.5 Å². The minimum Gasteiger partial charge on any atom is -0.445 e. The minimum atomic E-state index is -1.14. The first-order valence-corrected chi connectivity index (χ1v) is 44.8. The van der Waals surface area contributed by atoms with Gasteiger partial charge in [0.25, 0.3) is 0 Å². The van der Waals surface area contributed by atoms with Crippen LogP contribution in [0.5, 0.6) is 0 Å². The number of benzene rings is 4. The smallest absolute Gasteiger partial charge is 0.410 e. The van der Waals surface area contributed by atoms with E-state index in [-0.39, 0.29) is 166 Å². The Balaban J connectivity index is 0.792. The standard InChI is InChI=1S/C94H138N16O19/c1-17-63(10)85(75(123-15)54-80(115)108-44-26-34-74(108)87(124-16)65(12)88(116)99-64(11)53-66-27-19-18-20-28-66)106(13)92(120)82(61(6)7)103-91(119)84(62(8)9)107(14)94(122)129-58-67-35-37-69(38-36-67)100-89(117)72(32-25-42-97-93(95)121)101-90(118)81(60(4)5)102-77(112)41-45-125-47-49-127-51-52-128-50-48-126-46-43-96-76(111)39-40-79(114)109-56-68-29-21-22-30-70(68)86-83(71-31-23-24-33-73(71)109)104-105-110(86)57-78(113)98-55-59(2)3/h18-24,27-31,33,35-38,59-62,64-65,72,74-75,81-82,84-85,87H,10,17,25-26,32,34,39-58H2,1-9,11-16H3,(H,96,111)(H,98,113)(H,99,116)(H,100,117)(H,101,118)(H,102,112)(H,103,119)(H3,95,97,121)/t64-,65+,72-,74-,75+,81-,82-,84-,85-,87+/m0/s1. The van der Waals surface area contributed by atoms with Crippen molar-refractivity contribution in [2.45, 2.75) is 215 Å². The third-order valence-corrected chi connectivity index (χ3v) is 22.7. The zero-order valence-corrected chi connectivity index (χ0v) is 77.7. The van der Waals surface area contributed by atoms with E-state index in [1.54, 1.807) is 94.4 Å². The number of nitrogens with two attached hydrogens (primary N) is 1. The van der Waals surface area contributed by atoms with Gasteiger partial charge in [0.15, 0.2) is 0 Å². The van der Waals surface area contributed by atoms with Crippen LogP contribution in [-0.2, 0) is 107 Å². The Morgan fingerprint density at radius 3 is 1.85 bits per heavy atom. The van der Waals surface area contributed by atoms with Crippen molar-refractivity contribution in [2.75, 3.05) is 118 Å². The van der Waals surface area contributed by atoms with E-state index in [4.69, 9.17) is 38.9 Å². The second-order valence-electron chi connectivity index (χ2n) is 34.2. The molecule has 1 fully saturated rings. The lowest BCUT2D eigenvalue weighted by Crippen LogP contribution is -2.59. The van der Waals surface area contributed by atoms with Gasteiger partial charge in [0.1, 0.15) is 43.0 Å². The summed E-state index contributed by atoms with van der Waals surface area (Å²) in [7, 11) is 6.04. The third kappa shape index (κ3) is 32.4. The van der Waals surface area contributed by atoms with E-state index in [0.717, 1.165) is 16.7 Å². The Morgan fingerprint density at radius 2 is 1.22 bits per heavy atom. The average molecular weight is 1800 g/mol. The molecule has 0 unspecified atom stereocenters. The summed E-state index contributed by atoms with van der Waals surface area (Å²) < 4.78 is 41.9. The number of ether oxygens (including phenoxy) is 7. The Labute approximate surface area is 758 Å². The van der Waals surface area contributed by atoms with Gasteiger partial charge in [-0.05, 0) is 104 Å². The number of anilines is 2. The molecule has 10 atom stereocenters. The van der Waals surface area contributed by atoms with Crippen LogP contribution in [0.1, 0.15) is 151 Å². The molecule has 2 aliphatic rings. The number of nitrogens with zero attached hydrogens (tertiary/aromatic N) is 7. The molecule has 708 valence electrons. The molecule has 2 aliphatic heterocycles. The summed E-state index contributed by atoms with van der Waals surface area (Å²) in [6.07, 6.45) is 0.0841. The molecule has 1 aromatic heterocycles. The van der Waals surface area contributed by atoms with Crippen molar-refractivity contribution in [2.24, 2.45) is 35.3 Å². The molecule has 7 rings (SSSR count). The number of urea groups is 1. The number of primary amides is 1. The van der Waals surface area contributed by atoms with E-state index in [1.807, 2.05) is 113 Å². The molecule has 1 saturated heterocycles.